The van der Waals surface area contributed by atoms with Gasteiger partial charge in [-0.15, -0.1) is 0 Å². The third kappa shape index (κ3) is 3.84. The van der Waals surface area contributed by atoms with Gasteiger partial charge in [-0.3, -0.25) is 4.79 Å². The monoisotopic (exact) mass is 255 g/mol. The van der Waals surface area contributed by atoms with Crippen LogP contribution in [0.25, 0.3) is 0 Å². The van der Waals surface area contributed by atoms with E-state index >= 15 is 0 Å². The second-order valence-electron chi connectivity index (χ2n) is 4.80. The predicted molar refractivity (Wildman–Crippen MR) is 67.2 cm³/mol. The molecule has 1 rings (SSSR count). The molecule has 18 heavy (non-hydrogen) atoms. The maximum atomic E-state index is 12.0. The molecule has 1 amide bonds. The molecule has 1 saturated heterocycles. The molecule has 0 atom stereocenters. The van der Waals surface area contributed by atoms with Gasteiger partial charge in [-0.1, -0.05) is 0 Å². The summed E-state index contributed by atoms with van der Waals surface area (Å²) in [7, 11) is 1.72. The highest BCUT2D eigenvalue weighted by Crippen LogP contribution is 2.17. The average Bonchev–Trinajstić information content (AvgIpc) is 2.37. The van der Waals surface area contributed by atoms with Crippen LogP contribution < -0.4 is 0 Å². The predicted octanol–water partition coefficient (Wildman–Crippen LogP) is 1.29. The van der Waals surface area contributed by atoms with E-state index in [2.05, 4.69) is 0 Å². The molecular formula is C13H21NO4. The molecule has 1 aliphatic rings. The highest BCUT2D eigenvalue weighted by molar-refractivity contribution is 6.01. The maximum absolute atomic E-state index is 12.0. The standard InChI is InChI=1S/C13H21NO4/c1-9(10(2)13(16)17)12(15)14(3)8-11-4-6-18-7-5-11/h11H,4-8H2,1-3H3,(H,16,17). The number of aliphatic carboxylic acids is 1. The van der Waals surface area contributed by atoms with Gasteiger partial charge in [-0.05, 0) is 32.6 Å². The summed E-state index contributed by atoms with van der Waals surface area (Å²) >= 11 is 0. The van der Waals surface area contributed by atoms with Crippen LogP contribution in [0, 0.1) is 5.92 Å². The van der Waals surface area contributed by atoms with Gasteiger partial charge in [0.05, 0.1) is 0 Å². The van der Waals surface area contributed by atoms with E-state index in [9.17, 15) is 9.59 Å². The van der Waals surface area contributed by atoms with Crippen LogP contribution in [-0.4, -0.2) is 48.7 Å². The summed E-state index contributed by atoms with van der Waals surface area (Å²) in [5, 5.41) is 8.86. The van der Waals surface area contributed by atoms with Crippen molar-refractivity contribution in [3.05, 3.63) is 11.1 Å². The lowest BCUT2D eigenvalue weighted by Gasteiger charge is -2.27. The Morgan fingerprint density at radius 2 is 1.78 bits per heavy atom. The number of carboxylic acid groups (broad SMARTS) is 1. The van der Waals surface area contributed by atoms with Gasteiger partial charge in [0.25, 0.3) is 0 Å². The summed E-state index contributed by atoms with van der Waals surface area (Å²) in [5.74, 6) is -0.799. The number of ether oxygens (including phenoxy) is 1. The van der Waals surface area contributed by atoms with Crippen LogP contribution in [0.15, 0.2) is 11.1 Å². The van der Waals surface area contributed by atoms with Crippen molar-refractivity contribution >= 4 is 11.9 Å². The van der Waals surface area contributed by atoms with Crippen LogP contribution in [0.1, 0.15) is 26.7 Å². The molecule has 0 aliphatic carbocycles. The number of carbonyl (C=O) groups is 2. The zero-order valence-electron chi connectivity index (χ0n) is 11.2. The lowest BCUT2D eigenvalue weighted by Crippen LogP contribution is -2.35. The Balaban J connectivity index is 2.60. The first-order chi connectivity index (χ1) is 8.43. The van der Waals surface area contributed by atoms with E-state index in [4.69, 9.17) is 9.84 Å². The molecule has 102 valence electrons. The molecule has 0 saturated carbocycles. The van der Waals surface area contributed by atoms with Crippen LogP contribution in [0.2, 0.25) is 0 Å². The Morgan fingerprint density at radius 1 is 1.22 bits per heavy atom. The van der Waals surface area contributed by atoms with Gasteiger partial charge in [-0.25, -0.2) is 4.79 Å². The van der Waals surface area contributed by atoms with Crippen LogP contribution in [-0.2, 0) is 14.3 Å². The fourth-order valence-electron chi connectivity index (χ4n) is 2.01. The third-order valence-corrected chi connectivity index (χ3v) is 3.42. The van der Waals surface area contributed by atoms with Crippen molar-refractivity contribution in [1.29, 1.82) is 0 Å². The van der Waals surface area contributed by atoms with E-state index in [-0.39, 0.29) is 11.5 Å². The zero-order chi connectivity index (χ0) is 13.7. The lowest BCUT2D eigenvalue weighted by atomic mass is 9.99. The largest absolute Gasteiger partial charge is 0.478 e. The molecular weight excluding hydrogens is 234 g/mol. The van der Waals surface area contributed by atoms with E-state index in [0.717, 1.165) is 26.1 Å². The van der Waals surface area contributed by atoms with Crippen molar-refractivity contribution in [3.8, 4) is 0 Å². The van der Waals surface area contributed by atoms with Gasteiger partial charge >= 0.3 is 5.97 Å². The van der Waals surface area contributed by atoms with Gasteiger partial charge in [0.1, 0.15) is 0 Å². The minimum atomic E-state index is -1.04. The van der Waals surface area contributed by atoms with Gasteiger partial charge < -0.3 is 14.7 Å². The maximum Gasteiger partial charge on any atom is 0.331 e. The normalized spacial score (nSPS) is 18.2. The minimum Gasteiger partial charge on any atom is -0.478 e. The molecule has 0 aromatic heterocycles. The number of hydrogen-bond acceptors (Lipinski definition) is 3. The number of rotatable bonds is 4. The second kappa shape index (κ2) is 6.54. The Labute approximate surface area is 107 Å². The van der Waals surface area contributed by atoms with E-state index in [1.165, 1.54) is 6.92 Å². The lowest BCUT2D eigenvalue weighted by molar-refractivity contribution is -0.133. The number of nitrogens with zero attached hydrogens (tertiary/aromatic N) is 1. The van der Waals surface area contributed by atoms with Crippen molar-refractivity contribution in [2.45, 2.75) is 26.7 Å². The highest BCUT2D eigenvalue weighted by Gasteiger charge is 2.21. The number of amides is 1. The highest BCUT2D eigenvalue weighted by atomic mass is 16.5. The van der Waals surface area contributed by atoms with Crippen LogP contribution in [0.3, 0.4) is 0 Å². The minimum absolute atomic E-state index is 0.110. The molecule has 5 heteroatoms. The molecule has 0 spiro atoms. The Morgan fingerprint density at radius 3 is 2.28 bits per heavy atom. The molecule has 0 unspecified atom stereocenters. The van der Waals surface area contributed by atoms with Crippen molar-refractivity contribution in [2.75, 3.05) is 26.8 Å². The van der Waals surface area contributed by atoms with Crippen LogP contribution in [0.4, 0.5) is 0 Å². The van der Waals surface area contributed by atoms with Crippen molar-refractivity contribution in [3.63, 3.8) is 0 Å². The average molecular weight is 255 g/mol. The number of likely N-dealkylation sites (N-methyl/N-ethyl adjacent to an activating group) is 1. The fourth-order valence-corrected chi connectivity index (χ4v) is 2.01. The van der Waals surface area contributed by atoms with Crippen molar-refractivity contribution in [2.24, 2.45) is 5.92 Å². The molecule has 0 aromatic rings. The second-order valence-corrected chi connectivity index (χ2v) is 4.80. The summed E-state index contributed by atoms with van der Waals surface area (Å²) in [6, 6.07) is 0. The Bertz CT molecular complexity index is 356. The van der Waals surface area contributed by atoms with Gasteiger partial charge in [-0.2, -0.15) is 0 Å². The van der Waals surface area contributed by atoms with E-state index in [1.54, 1.807) is 18.9 Å². The van der Waals surface area contributed by atoms with Crippen molar-refractivity contribution in [1.82, 2.24) is 4.90 Å². The molecule has 5 nitrogen and oxygen atoms in total. The summed E-state index contributed by atoms with van der Waals surface area (Å²) in [5.41, 5.74) is 0.413. The first-order valence-corrected chi connectivity index (χ1v) is 6.17. The van der Waals surface area contributed by atoms with E-state index in [1.807, 2.05) is 0 Å². The number of carboxylic acids is 1. The van der Waals surface area contributed by atoms with Gasteiger partial charge in [0, 0.05) is 38.0 Å². The number of carbonyl (C=O) groups excluding carboxylic acids is 1. The molecule has 0 bridgehead atoms. The number of hydrogen-bond donors (Lipinski definition) is 1. The van der Waals surface area contributed by atoms with E-state index in [0.29, 0.717) is 18.0 Å². The summed E-state index contributed by atoms with van der Waals surface area (Å²) < 4.78 is 5.27. The molecule has 1 heterocycles. The fraction of sp³-hybridized carbons (Fsp3) is 0.692. The summed E-state index contributed by atoms with van der Waals surface area (Å²) in [6.07, 6.45) is 1.91. The molecule has 0 radical (unpaired) electrons. The Hall–Kier alpha value is -1.36. The zero-order valence-corrected chi connectivity index (χ0v) is 11.2. The van der Waals surface area contributed by atoms with Crippen LogP contribution >= 0.6 is 0 Å². The Kier molecular flexibility index (Phi) is 5.34. The van der Waals surface area contributed by atoms with Crippen LogP contribution in [0.5, 0.6) is 0 Å². The molecule has 1 aliphatic heterocycles. The first kappa shape index (κ1) is 14.7. The van der Waals surface area contributed by atoms with Crippen molar-refractivity contribution < 1.29 is 19.4 Å². The van der Waals surface area contributed by atoms with Gasteiger partial charge in [0.15, 0.2) is 0 Å². The van der Waals surface area contributed by atoms with E-state index < -0.39 is 5.97 Å². The molecule has 1 N–H and O–H groups in total. The molecule has 0 aromatic carbocycles. The quantitative estimate of drug-likeness (QED) is 0.769. The summed E-state index contributed by atoms with van der Waals surface area (Å²) in [6.45, 7) is 5.17. The SMILES string of the molecule is CC(C(=O)O)=C(C)C(=O)N(C)CC1CCOCC1. The smallest absolute Gasteiger partial charge is 0.331 e. The first-order valence-electron chi connectivity index (χ1n) is 6.17. The molecule has 1 fully saturated rings. The summed E-state index contributed by atoms with van der Waals surface area (Å²) in [4.78, 5) is 24.5. The third-order valence-electron chi connectivity index (χ3n) is 3.42. The van der Waals surface area contributed by atoms with Gasteiger partial charge in [0.2, 0.25) is 5.91 Å². The topological polar surface area (TPSA) is 66.8 Å².